The van der Waals surface area contributed by atoms with Gasteiger partial charge in [0.2, 0.25) is 0 Å². The Labute approximate surface area is 432 Å². The predicted molar refractivity (Wildman–Crippen MR) is 311 cm³/mol. The monoisotopic (exact) mass is 1020 g/mol. The Morgan fingerprint density at radius 1 is 0.352 bits per heavy atom. The second kappa shape index (κ2) is 17.3. The third kappa shape index (κ3) is 7.44. The summed E-state index contributed by atoms with van der Waals surface area (Å²) < 4.78 is 1.15. The Balaban J connectivity index is 0.000000128. The van der Waals surface area contributed by atoms with E-state index in [1.165, 1.54) is 109 Å². The van der Waals surface area contributed by atoms with Crippen LogP contribution in [0.5, 0.6) is 0 Å². The Morgan fingerprint density at radius 2 is 0.704 bits per heavy atom. The molecule has 0 aromatic heterocycles. The fourth-order valence-electron chi connectivity index (χ4n) is 11.5. The average molecular weight is 1020 g/mol. The molecule has 5 heteroatoms. The number of anilines is 3. The Kier molecular flexibility index (Phi) is 11.0. The highest BCUT2D eigenvalue weighted by molar-refractivity contribution is 9.10. The Hall–Kier alpha value is -7.14. The molecule has 12 aromatic carbocycles. The van der Waals surface area contributed by atoms with E-state index in [9.17, 15) is 0 Å². The third-order valence-corrected chi connectivity index (χ3v) is 16.3. The van der Waals surface area contributed by atoms with Gasteiger partial charge in [-0.15, -0.1) is 0 Å². The van der Waals surface area contributed by atoms with Crippen LogP contribution in [0.15, 0.2) is 211 Å². The summed E-state index contributed by atoms with van der Waals surface area (Å²) in [5.74, 6) is 0. The molecule has 2 aliphatic rings. The minimum absolute atomic E-state index is 0.00458. The van der Waals surface area contributed by atoms with Crippen LogP contribution in [0.3, 0.4) is 0 Å². The van der Waals surface area contributed by atoms with Crippen LogP contribution in [0.4, 0.5) is 17.1 Å². The summed E-state index contributed by atoms with van der Waals surface area (Å²) in [5.41, 5.74) is 18.8. The van der Waals surface area contributed by atoms with E-state index in [0.717, 1.165) is 20.9 Å². The van der Waals surface area contributed by atoms with Crippen molar-refractivity contribution in [2.24, 2.45) is 0 Å². The molecule has 12 aromatic rings. The highest BCUT2D eigenvalue weighted by Crippen LogP contribution is 2.54. The van der Waals surface area contributed by atoms with E-state index in [2.05, 4.69) is 207 Å². The molecule has 0 bridgehead atoms. The first-order valence-electron chi connectivity index (χ1n) is 24.1. The van der Waals surface area contributed by atoms with Crippen LogP contribution in [0.25, 0.3) is 86.9 Å². The lowest BCUT2D eigenvalue weighted by Gasteiger charge is -2.23. The van der Waals surface area contributed by atoms with E-state index in [1.807, 2.05) is 36.4 Å². The molecule has 0 heterocycles. The number of nitrogens with one attached hydrogen (secondary N) is 1. The second-order valence-electron chi connectivity index (χ2n) is 19.9. The van der Waals surface area contributed by atoms with Gasteiger partial charge >= 0.3 is 0 Å². The molecule has 0 spiro atoms. The van der Waals surface area contributed by atoms with Crippen molar-refractivity contribution >= 4 is 121 Å². The maximum Gasteiger partial charge on any atom is 0.0640 e. The van der Waals surface area contributed by atoms with Crippen molar-refractivity contribution in [2.75, 3.05) is 11.1 Å². The largest absolute Gasteiger partial charge is 0.398 e. The van der Waals surface area contributed by atoms with Gasteiger partial charge in [0, 0.05) is 21.0 Å². The topological polar surface area (TPSA) is 38.0 Å². The highest BCUT2D eigenvalue weighted by Gasteiger charge is 2.37. The summed E-state index contributed by atoms with van der Waals surface area (Å²) in [6.45, 7) is 9.37. The number of para-hydroxylation sites is 2. The van der Waals surface area contributed by atoms with Gasteiger partial charge in [0.05, 0.1) is 21.4 Å². The zero-order valence-corrected chi connectivity index (χ0v) is 42.9. The molecule has 71 heavy (non-hydrogen) atoms. The Bertz CT molecular complexity index is 4130. The minimum Gasteiger partial charge on any atom is -0.398 e. The molecule has 0 radical (unpaired) electrons. The van der Waals surface area contributed by atoms with Gasteiger partial charge in [-0.3, -0.25) is 0 Å². The van der Waals surface area contributed by atoms with E-state index in [-0.39, 0.29) is 10.8 Å². The molecule has 14 rings (SSSR count). The molecule has 0 aliphatic heterocycles. The standard InChI is InChI=1S/C33H24ClN.C27H19Br.C6H6ClN/c1-33(2)29-17-20(35-32-14-8-7-13-31(32)34)15-16-25(29)28-18-26-23-11-5-3-9-21(23)22-10-4-6-12-24(22)27(26)19-30(28)33;1-27(2)25-13-16(28)11-12-21(25)24-14-22-19-9-5-3-7-17(19)18-8-4-6-10-20(18)23(22)15-26(24)27;7-5-3-1-2-4-6(5)8/h3-19,35H,1-2H3;3-15H,1-2H3;1-4H,8H2. The van der Waals surface area contributed by atoms with E-state index in [4.69, 9.17) is 28.9 Å². The van der Waals surface area contributed by atoms with Crippen LogP contribution in [0.1, 0.15) is 49.9 Å². The predicted octanol–water partition coefficient (Wildman–Crippen LogP) is 20.0. The first kappa shape index (κ1) is 45.0. The SMILES string of the molecule is CC1(C)c2cc(Br)ccc2-c2cc3c4ccccc4c4ccccc4c3cc21.CC1(C)c2cc(Nc3ccccc3Cl)ccc2-c2cc3c4ccccc4c4ccccc4c3cc21.Nc1ccccc1Cl. The summed E-state index contributed by atoms with van der Waals surface area (Å²) in [6.07, 6.45) is 0. The molecular weight excluding hydrogens is 972 g/mol. The third-order valence-electron chi connectivity index (χ3n) is 15.1. The van der Waals surface area contributed by atoms with Crippen LogP contribution in [0, 0.1) is 0 Å². The van der Waals surface area contributed by atoms with Crippen molar-refractivity contribution in [3.05, 3.63) is 243 Å². The smallest absolute Gasteiger partial charge is 0.0640 e. The molecule has 2 aliphatic carbocycles. The number of rotatable bonds is 2. The second-order valence-corrected chi connectivity index (χ2v) is 21.6. The van der Waals surface area contributed by atoms with E-state index in [1.54, 1.807) is 12.1 Å². The molecule has 0 saturated carbocycles. The number of fused-ring (bicyclic) bond motifs is 18. The zero-order valence-electron chi connectivity index (χ0n) is 39.8. The maximum atomic E-state index is 6.41. The van der Waals surface area contributed by atoms with E-state index in [0.29, 0.717) is 10.7 Å². The van der Waals surface area contributed by atoms with Crippen molar-refractivity contribution < 1.29 is 0 Å². The van der Waals surface area contributed by atoms with Crippen LogP contribution < -0.4 is 11.1 Å². The van der Waals surface area contributed by atoms with Gasteiger partial charge in [-0.05, 0) is 182 Å². The summed E-state index contributed by atoms with van der Waals surface area (Å²) in [7, 11) is 0. The molecule has 0 saturated heterocycles. The van der Waals surface area contributed by atoms with E-state index < -0.39 is 0 Å². The Morgan fingerprint density at radius 3 is 1.13 bits per heavy atom. The lowest BCUT2D eigenvalue weighted by atomic mass is 9.81. The quantitative estimate of drug-likeness (QED) is 0.134. The summed E-state index contributed by atoms with van der Waals surface area (Å²) in [5, 5.41) is 20.8. The van der Waals surface area contributed by atoms with Gasteiger partial charge in [-0.25, -0.2) is 0 Å². The van der Waals surface area contributed by atoms with Gasteiger partial charge in [0.15, 0.2) is 0 Å². The summed E-state index contributed by atoms with van der Waals surface area (Å²) in [6, 6.07) is 73.5. The van der Waals surface area contributed by atoms with Gasteiger partial charge in [0.1, 0.15) is 0 Å². The van der Waals surface area contributed by atoms with Crippen molar-refractivity contribution in [1.82, 2.24) is 0 Å². The van der Waals surface area contributed by atoms with Crippen LogP contribution in [-0.4, -0.2) is 0 Å². The van der Waals surface area contributed by atoms with Gasteiger partial charge in [-0.2, -0.15) is 0 Å². The number of hydrogen-bond donors (Lipinski definition) is 2. The molecule has 0 unspecified atom stereocenters. The average Bonchev–Trinajstić information content (AvgIpc) is 3.75. The first-order chi connectivity index (χ1) is 34.4. The molecular formula is C66H49BrCl2N2. The highest BCUT2D eigenvalue weighted by atomic mass is 79.9. The zero-order chi connectivity index (χ0) is 48.8. The molecule has 0 atom stereocenters. The molecule has 0 fully saturated rings. The molecule has 0 amide bonds. The van der Waals surface area contributed by atoms with Crippen LogP contribution >= 0.6 is 39.1 Å². The van der Waals surface area contributed by atoms with Gasteiger partial charge in [0.25, 0.3) is 0 Å². The number of nitrogen functional groups attached to an aromatic ring is 1. The number of benzene rings is 12. The van der Waals surface area contributed by atoms with Crippen LogP contribution in [0.2, 0.25) is 10.0 Å². The number of hydrogen-bond acceptors (Lipinski definition) is 2. The first-order valence-corrected chi connectivity index (χ1v) is 25.7. The van der Waals surface area contributed by atoms with Crippen LogP contribution in [-0.2, 0) is 10.8 Å². The van der Waals surface area contributed by atoms with Crippen molar-refractivity contribution in [2.45, 2.75) is 38.5 Å². The maximum absolute atomic E-state index is 6.41. The fourth-order valence-corrected chi connectivity index (χ4v) is 12.2. The molecule has 344 valence electrons. The normalized spacial score (nSPS) is 13.6. The minimum atomic E-state index is -0.107. The van der Waals surface area contributed by atoms with E-state index >= 15 is 0 Å². The summed E-state index contributed by atoms with van der Waals surface area (Å²) >= 11 is 15.7. The fraction of sp³-hybridized carbons (Fsp3) is 0.0909. The lowest BCUT2D eigenvalue weighted by Crippen LogP contribution is -2.15. The number of nitrogens with two attached hydrogens (primary N) is 1. The molecule has 3 N–H and O–H groups in total. The molecule has 2 nitrogen and oxygen atoms in total. The van der Waals surface area contributed by atoms with Gasteiger partial charge < -0.3 is 11.1 Å². The van der Waals surface area contributed by atoms with Crippen molar-refractivity contribution in [3.8, 4) is 22.3 Å². The van der Waals surface area contributed by atoms with Crippen molar-refractivity contribution in [3.63, 3.8) is 0 Å². The summed E-state index contributed by atoms with van der Waals surface area (Å²) in [4.78, 5) is 0. The van der Waals surface area contributed by atoms with Crippen molar-refractivity contribution in [1.29, 1.82) is 0 Å². The lowest BCUT2D eigenvalue weighted by molar-refractivity contribution is 0.661. The number of halogens is 3. The van der Waals surface area contributed by atoms with Gasteiger partial charge in [-0.1, -0.05) is 200 Å².